The summed E-state index contributed by atoms with van der Waals surface area (Å²) in [7, 11) is 0. The zero-order valence-electron chi connectivity index (χ0n) is 13.4. The number of piperidine rings is 1. The molecule has 2 aromatic rings. The van der Waals surface area contributed by atoms with Gasteiger partial charge in [-0.1, -0.05) is 41.1 Å². The van der Waals surface area contributed by atoms with Gasteiger partial charge in [0.15, 0.2) is 0 Å². The number of hydrogen-bond donors (Lipinski definition) is 1. The van der Waals surface area contributed by atoms with E-state index in [9.17, 15) is 9.90 Å². The molecule has 1 aromatic heterocycles. The summed E-state index contributed by atoms with van der Waals surface area (Å²) in [5.41, 5.74) is 0.142. The van der Waals surface area contributed by atoms with Crippen LogP contribution in [0.2, 0.25) is 10.2 Å². The molecule has 0 aliphatic carbocycles. The molecule has 0 atom stereocenters. The molecule has 0 radical (unpaired) electrons. The Kier molecular flexibility index (Phi) is 5.29. The summed E-state index contributed by atoms with van der Waals surface area (Å²) in [4.78, 5) is 18.1. The monoisotopic (exact) mass is 374 g/mol. The van der Waals surface area contributed by atoms with Crippen molar-refractivity contribution in [3.8, 4) is 11.8 Å². The van der Waals surface area contributed by atoms with Gasteiger partial charge in [0.1, 0.15) is 10.8 Å². The SMILES string of the molecule is O=C(c1ccc(Cl)nc1)N1CCC(O)(C#Cc2cccc(Cl)c2)CC1. The minimum Gasteiger partial charge on any atom is -0.377 e. The highest BCUT2D eigenvalue weighted by Crippen LogP contribution is 2.23. The van der Waals surface area contributed by atoms with Crippen LogP contribution in [0.1, 0.15) is 28.8 Å². The fourth-order valence-corrected chi connectivity index (χ4v) is 2.95. The first-order valence-corrected chi connectivity index (χ1v) is 8.63. The van der Waals surface area contributed by atoms with Crippen LogP contribution in [0.25, 0.3) is 0 Å². The standard InChI is InChI=1S/C19H16Cl2N2O2/c20-16-3-1-2-14(12-16)6-7-19(25)8-10-23(11-9-19)18(24)15-4-5-17(21)22-13-15/h1-5,12-13,25H,8-11H2. The van der Waals surface area contributed by atoms with Crippen molar-refractivity contribution in [2.45, 2.75) is 18.4 Å². The van der Waals surface area contributed by atoms with Crippen LogP contribution in [0, 0.1) is 11.8 Å². The third kappa shape index (κ3) is 4.52. The number of pyridine rings is 1. The first-order chi connectivity index (χ1) is 12.0. The maximum Gasteiger partial charge on any atom is 0.255 e. The fourth-order valence-electron chi connectivity index (χ4n) is 2.64. The molecule has 1 aliphatic heterocycles. The number of rotatable bonds is 1. The summed E-state index contributed by atoms with van der Waals surface area (Å²) in [5.74, 6) is 5.78. The minimum absolute atomic E-state index is 0.117. The maximum atomic E-state index is 12.4. The summed E-state index contributed by atoms with van der Waals surface area (Å²) in [6.45, 7) is 0.865. The van der Waals surface area contributed by atoms with Crippen LogP contribution in [-0.4, -0.2) is 39.6 Å². The first-order valence-electron chi connectivity index (χ1n) is 7.87. The van der Waals surface area contributed by atoms with Gasteiger partial charge in [0, 0.05) is 42.7 Å². The lowest BCUT2D eigenvalue weighted by atomic mass is 9.91. The summed E-state index contributed by atoms with van der Waals surface area (Å²) < 4.78 is 0. The van der Waals surface area contributed by atoms with Crippen molar-refractivity contribution in [2.24, 2.45) is 0 Å². The predicted octanol–water partition coefficient (Wildman–Crippen LogP) is 3.41. The molecule has 1 aromatic carbocycles. The van der Waals surface area contributed by atoms with Crippen LogP contribution in [0.5, 0.6) is 0 Å². The molecule has 25 heavy (non-hydrogen) atoms. The van der Waals surface area contributed by atoms with E-state index in [0.717, 1.165) is 5.56 Å². The Morgan fingerprint density at radius 3 is 2.60 bits per heavy atom. The van der Waals surface area contributed by atoms with Gasteiger partial charge in [0.2, 0.25) is 0 Å². The second kappa shape index (κ2) is 7.45. The Morgan fingerprint density at radius 1 is 1.20 bits per heavy atom. The molecule has 1 saturated heterocycles. The molecule has 0 spiro atoms. The van der Waals surface area contributed by atoms with E-state index in [1.54, 1.807) is 29.2 Å². The van der Waals surface area contributed by atoms with E-state index < -0.39 is 5.60 Å². The second-order valence-electron chi connectivity index (χ2n) is 5.95. The molecule has 0 saturated carbocycles. The Balaban J connectivity index is 1.65. The van der Waals surface area contributed by atoms with Gasteiger partial charge in [-0.25, -0.2) is 4.98 Å². The number of nitrogens with zero attached hydrogens (tertiary/aromatic N) is 2. The predicted molar refractivity (Wildman–Crippen MR) is 97.7 cm³/mol. The van der Waals surface area contributed by atoms with Crippen molar-refractivity contribution in [1.29, 1.82) is 0 Å². The molecule has 6 heteroatoms. The van der Waals surface area contributed by atoms with Crippen LogP contribution < -0.4 is 0 Å². The fraction of sp³-hybridized carbons (Fsp3) is 0.263. The van der Waals surface area contributed by atoms with Gasteiger partial charge < -0.3 is 10.0 Å². The minimum atomic E-state index is -1.10. The highest BCUT2D eigenvalue weighted by molar-refractivity contribution is 6.30. The van der Waals surface area contributed by atoms with Crippen molar-refractivity contribution >= 4 is 29.1 Å². The topological polar surface area (TPSA) is 53.4 Å². The van der Waals surface area contributed by atoms with E-state index in [-0.39, 0.29) is 5.91 Å². The smallest absolute Gasteiger partial charge is 0.255 e. The van der Waals surface area contributed by atoms with Crippen molar-refractivity contribution in [1.82, 2.24) is 9.88 Å². The summed E-state index contributed by atoms with van der Waals surface area (Å²) >= 11 is 11.7. The van der Waals surface area contributed by atoms with Crippen molar-refractivity contribution < 1.29 is 9.90 Å². The van der Waals surface area contributed by atoms with Crippen molar-refractivity contribution in [2.75, 3.05) is 13.1 Å². The van der Waals surface area contributed by atoms with E-state index in [2.05, 4.69) is 16.8 Å². The van der Waals surface area contributed by atoms with Crippen LogP contribution in [0.15, 0.2) is 42.6 Å². The zero-order chi connectivity index (χ0) is 17.9. The normalized spacial score (nSPS) is 16.0. The number of likely N-dealkylation sites (tertiary alicyclic amines) is 1. The number of halogens is 2. The lowest BCUT2D eigenvalue weighted by Gasteiger charge is -2.35. The lowest BCUT2D eigenvalue weighted by Crippen LogP contribution is -2.46. The van der Waals surface area contributed by atoms with Gasteiger partial charge >= 0.3 is 0 Å². The molecule has 1 aliphatic rings. The molecule has 1 fully saturated rings. The van der Waals surface area contributed by atoms with E-state index in [1.807, 2.05) is 12.1 Å². The molecular weight excluding hydrogens is 359 g/mol. The molecule has 2 heterocycles. The summed E-state index contributed by atoms with van der Waals surface area (Å²) in [6.07, 6.45) is 2.26. The Bertz CT molecular complexity index is 832. The number of aliphatic hydroxyl groups is 1. The molecule has 0 bridgehead atoms. The van der Waals surface area contributed by atoms with Gasteiger partial charge in [-0.3, -0.25) is 4.79 Å². The van der Waals surface area contributed by atoms with Gasteiger partial charge in [-0.15, -0.1) is 0 Å². The number of carbonyl (C=O) groups is 1. The van der Waals surface area contributed by atoms with Crippen LogP contribution in [-0.2, 0) is 0 Å². The van der Waals surface area contributed by atoms with Crippen LogP contribution in [0.3, 0.4) is 0 Å². The second-order valence-corrected chi connectivity index (χ2v) is 6.78. The van der Waals surface area contributed by atoms with Crippen molar-refractivity contribution in [3.63, 3.8) is 0 Å². The van der Waals surface area contributed by atoms with E-state index in [4.69, 9.17) is 23.2 Å². The Labute approximate surface area is 156 Å². The largest absolute Gasteiger partial charge is 0.377 e. The molecule has 1 N–H and O–H groups in total. The quantitative estimate of drug-likeness (QED) is 0.614. The summed E-state index contributed by atoms with van der Waals surface area (Å²) in [6, 6.07) is 10.4. The van der Waals surface area contributed by atoms with E-state index >= 15 is 0 Å². The molecular formula is C19H16Cl2N2O2. The highest BCUT2D eigenvalue weighted by atomic mass is 35.5. The number of amides is 1. The molecule has 128 valence electrons. The number of carbonyl (C=O) groups excluding carboxylic acids is 1. The van der Waals surface area contributed by atoms with Crippen LogP contribution >= 0.6 is 23.2 Å². The lowest BCUT2D eigenvalue weighted by molar-refractivity contribution is 0.0249. The third-order valence-corrected chi connectivity index (χ3v) is 4.57. The Hall–Kier alpha value is -2.06. The molecule has 1 amide bonds. The number of aromatic nitrogens is 1. The zero-order valence-corrected chi connectivity index (χ0v) is 14.9. The molecule has 4 nitrogen and oxygen atoms in total. The summed E-state index contributed by atoms with van der Waals surface area (Å²) in [5, 5.41) is 11.6. The van der Waals surface area contributed by atoms with Crippen LogP contribution in [0.4, 0.5) is 0 Å². The number of benzene rings is 1. The average molecular weight is 375 g/mol. The van der Waals surface area contributed by atoms with Crippen molar-refractivity contribution in [3.05, 3.63) is 63.9 Å². The maximum absolute atomic E-state index is 12.4. The van der Waals surface area contributed by atoms with Gasteiger partial charge in [0.25, 0.3) is 5.91 Å². The molecule has 0 unspecified atom stereocenters. The van der Waals surface area contributed by atoms with E-state index in [1.165, 1.54) is 6.20 Å². The first kappa shape index (κ1) is 17.8. The average Bonchev–Trinajstić information content (AvgIpc) is 2.61. The van der Waals surface area contributed by atoms with Gasteiger partial charge in [0.05, 0.1) is 5.56 Å². The van der Waals surface area contributed by atoms with Gasteiger partial charge in [-0.05, 0) is 30.3 Å². The molecule has 3 rings (SSSR count). The van der Waals surface area contributed by atoms with E-state index in [0.29, 0.717) is 41.7 Å². The third-order valence-electron chi connectivity index (χ3n) is 4.12. The Morgan fingerprint density at radius 2 is 1.96 bits per heavy atom. The highest BCUT2D eigenvalue weighted by Gasteiger charge is 2.32. The number of hydrogen-bond acceptors (Lipinski definition) is 3. The van der Waals surface area contributed by atoms with Gasteiger partial charge in [-0.2, -0.15) is 0 Å².